The minimum atomic E-state index is -2.92. The Morgan fingerprint density at radius 3 is 2.59 bits per heavy atom. The summed E-state index contributed by atoms with van der Waals surface area (Å²) in [5, 5.41) is 16.3. The Hall–Kier alpha value is -2.53. The molecule has 0 spiro atoms. The predicted molar refractivity (Wildman–Crippen MR) is 122 cm³/mol. The van der Waals surface area contributed by atoms with Gasteiger partial charge in [0, 0.05) is 28.3 Å². The van der Waals surface area contributed by atoms with E-state index in [1.807, 2.05) is 18.4 Å². The molecule has 0 unspecified atom stereocenters. The third-order valence-electron chi connectivity index (χ3n) is 5.37. The van der Waals surface area contributed by atoms with Gasteiger partial charge in [-0.1, -0.05) is 15.9 Å². The fourth-order valence-electron chi connectivity index (χ4n) is 3.79. The van der Waals surface area contributed by atoms with Gasteiger partial charge in [0.2, 0.25) is 5.95 Å². The average molecular weight is 511 g/mol. The van der Waals surface area contributed by atoms with Gasteiger partial charge in [-0.25, -0.2) is 4.98 Å². The van der Waals surface area contributed by atoms with E-state index in [1.165, 1.54) is 12.1 Å². The SMILES string of the molecule is CC(C)n1cnc2c(Nc3cc(Br)cc(OC(F)F)c3)nc(NC3CCC(O)CC3)nc21. The summed E-state index contributed by atoms with van der Waals surface area (Å²) in [6.07, 6.45) is 4.59. The zero-order chi connectivity index (χ0) is 22.8. The van der Waals surface area contributed by atoms with Crippen LogP contribution in [0.15, 0.2) is 29.0 Å². The summed E-state index contributed by atoms with van der Waals surface area (Å²) in [6, 6.07) is 4.97. The smallest absolute Gasteiger partial charge is 0.387 e. The number of anilines is 3. The lowest BCUT2D eigenvalue weighted by molar-refractivity contribution is -0.0498. The van der Waals surface area contributed by atoms with Crippen LogP contribution in [0.1, 0.15) is 45.6 Å². The topological polar surface area (TPSA) is 97.1 Å². The van der Waals surface area contributed by atoms with Crippen molar-refractivity contribution < 1.29 is 18.6 Å². The number of aromatic nitrogens is 4. The number of imidazole rings is 1. The van der Waals surface area contributed by atoms with Crippen LogP contribution < -0.4 is 15.4 Å². The van der Waals surface area contributed by atoms with Crippen molar-refractivity contribution in [3.8, 4) is 5.75 Å². The van der Waals surface area contributed by atoms with Gasteiger partial charge in [-0.15, -0.1) is 0 Å². The molecule has 3 aromatic rings. The van der Waals surface area contributed by atoms with E-state index in [1.54, 1.807) is 12.4 Å². The highest BCUT2D eigenvalue weighted by Gasteiger charge is 2.22. The Kier molecular flexibility index (Phi) is 6.75. The summed E-state index contributed by atoms with van der Waals surface area (Å²) in [7, 11) is 0. The second-order valence-electron chi connectivity index (χ2n) is 8.14. The first-order chi connectivity index (χ1) is 15.3. The fourth-order valence-corrected chi connectivity index (χ4v) is 4.26. The van der Waals surface area contributed by atoms with E-state index in [9.17, 15) is 13.9 Å². The molecule has 2 aromatic heterocycles. The number of alkyl halides is 2. The van der Waals surface area contributed by atoms with Gasteiger partial charge in [0.15, 0.2) is 17.0 Å². The normalized spacial score (nSPS) is 19.0. The Labute approximate surface area is 192 Å². The molecule has 32 heavy (non-hydrogen) atoms. The van der Waals surface area contributed by atoms with Crippen molar-refractivity contribution in [2.45, 2.75) is 64.3 Å². The molecule has 1 aliphatic carbocycles. The van der Waals surface area contributed by atoms with Crippen molar-refractivity contribution in [3.05, 3.63) is 29.0 Å². The number of aliphatic hydroxyl groups is 1. The van der Waals surface area contributed by atoms with Crippen LogP contribution in [0.25, 0.3) is 11.2 Å². The first-order valence-corrected chi connectivity index (χ1v) is 11.3. The van der Waals surface area contributed by atoms with Gasteiger partial charge < -0.3 is 25.0 Å². The first-order valence-electron chi connectivity index (χ1n) is 10.5. The molecule has 1 aromatic carbocycles. The van der Waals surface area contributed by atoms with E-state index in [-0.39, 0.29) is 23.9 Å². The molecule has 11 heteroatoms. The van der Waals surface area contributed by atoms with Gasteiger partial charge >= 0.3 is 6.61 Å². The van der Waals surface area contributed by atoms with Crippen LogP contribution in [0.5, 0.6) is 5.75 Å². The van der Waals surface area contributed by atoms with Gasteiger partial charge in [-0.05, 0) is 51.7 Å². The molecule has 0 atom stereocenters. The van der Waals surface area contributed by atoms with E-state index in [4.69, 9.17) is 0 Å². The zero-order valence-electron chi connectivity index (χ0n) is 17.7. The Morgan fingerprint density at radius 1 is 1.16 bits per heavy atom. The van der Waals surface area contributed by atoms with Crippen molar-refractivity contribution in [2.75, 3.05) is 10.6 Å². The molecule has 0 saturated heterocycles. The minimum Gasteiger partial charge on any atom is -0.435 e. The lowest BCUT2D eigenvalue weighted by Crippen LogP contribution is -2.29. The number of ether oxygens (including phenoxy) is 1. The fraction of sp³-hybridized carbons (Fsp3) is 0.476. The van der Waals surface area contributed by atoms with E-state index < -0.39 is 6.61 Å². The molecule has 172 valence electrons. The molecule has 1 aliphatic rings. The maximum Gasteiger partial charge on any atom is 0.387 e. The van der Waals surface area contributed by atoms with Crippen LogP contribution in [0.3, 0.4) is 0 Å². The second kappa shape index (κ2) is 9.53. The lowest BCUT2D eigenvalue weighted by Gasteiger charge is -2.26. The van der Waals surface area contributed by atoms with Gasteiger partial charge in [-0.3, -0.25) is 0 Å². The molecule has 4 rings (SSSR count). The van der Waals surface area contributed by atoms with Gasteiger partial charge in [0.25, 0.3) is 0 Å². The molecule has 0 amide bonds. The summed E-state index contributed by atoms with van der Waals surface area (Å²) in [5.41, 5.74) is 1.75. The number of aliphatic hydroxyl groups excluding tert-OH is 1. The van der Waals surface area contributed by atoms with Crippen molar-refractivity contribution in [3.63, 3.8) is 0 Å². The number of nitrogens with zero attached hydrogens (tertiary/aromatic N) is 4. The van der Waals surface area contributed by atoms with Crippen LogP contribution in [0.4, 0.5) is 26.2 Å². The Bertz CT molecular complexity index is 1090. The molecule has 3 N–H and O–H groups in total. The molecule has 0 aliphatic heterocycles. The van der Waals surface area contributed by atoms with Crippen LogP contribution in [-0.2, 0) is 0 Å². The molecule has 2 heterocycles. The van der Waals surface area contributed by atoms with Crippen LogP contribution in [-0.4, -0.2) is 43.4 Å². The summed E-state index contributed by atoms with van der Waals surface area (Å²) in [4.78, 5) is 13.8. The second-order valence-corrected chi connectivity index (χ2v) is 9.06. The van der Waals surface area contributed by atoms with E-state index in [0.29, 0.717) is 33.1 Å². The number of hydrogen-bond acceptors (Lipinski definition) is 7. The number of rotatable bonds is 7. The number of fused-ring (bicyclic) bond motifs is 1. The molecule has 0 radical (unpaired) electrons. The van der Waals surface area contributed by atoms with Gasteiger partial charge in [-0.2, -0.15) is 18.7 Å². The number of benzene rings is 1. The lowest BCUT2D eigenvalue weighted by atomic mass is 9.93. The number of nitrogens with one attached hydrogen (secondary N) is 2. The van der Waals surface area contributed by atoms with Crippen LogP contribution in [0.2, 0.25) is 0 Å². The highest BCUT2D eigenvalue weighted by molar-refractivity contribution is 9.10. The maximum absolute atomic E-state index is 12.7. The van der Waals surface area contributed by atoms with E-state index in [0.717, 1.165) is 25.7 Å². The zero-order valence-corrected chi connectivity index (χ0v) is 19.3. The van der Waals surface area contributed by atoms with Crippen molar-refractivity contribution >= 4 is 44.5 Å². The predicted octanol–water partition coefficient (Wildman–Crippen LogP) is 5.23. The van der Waals surface area contributed by atoms with E-state index >= 15 is 0 Å². The molecular weight excluding hydrogens is 486 g/mol. The number of halogens is 3. The van der Waals surface area contributed by atoms with Gasteiger partial charge in [0.1, 0.15) is 5.75 Å². The summed E-state index contributed by atoms with van der Waals surface area (Å²) in [5.74, 6) is 0.922. The standard InChI is InChI=1S/C21H25BrF2N6O2/c1-11(2)30-10-25-17-18(26-14-7-12(22)8-16(9-14)32-20(23)24)28-21(29-19(17)30)27-13-3-5-15(31)6-4-13/h7-11,13,15,20,31H,3-6H2,1-2H3,(H2,26,27,28,29). The minimum absolute atomic E-state index is 0.0222. The van der Waals surface area contributed by atoms with Crippen LogP contribution >= 0.6 is 15.9 Å². The highest BCUT2D eigenvalue weighted by Crippen LogP contribution is 2.31. The monoisotopic (exact) mass is 510 g/mol. The third-order valence-corrected chi connectivity index (χ3v) is 5.82. The molecule has 1 fully saturated rings. The largest absolute Gasteiger partial charge is 0.435 e. The third kappa shape index (κ3) is 5.26. The first kappa shape index (κ1) is 22.7. The van der Waals surface area contributed by atoms with Crippen LogP contribution in [0, 0.1) is 0 Å². The Morgan fingerprint density at radius 2 is 1.91 bits per heavy atom. The van der Waals surface area contributed by atoms with E-state index in [2.05, 4.69) is 46.3 Å². The highest BCUT2D eigenvalue weighted by atomic mass is 79.9. The quantitative estimate of drug-likeness (QED) is 0.400. The molecule has 8 nitrogen and oxygen atoms in total. The van der Waals surface area contributed by atoms with Crippen molar-refractivity contribution in [1.29, 1.82) is 0 Å². The maximum atomic E-state index is 12.7. The Balaban J connectivity index is 1.69. The number of hydrogen-bond donors (Lipinski definition) is 3. The summed E-state index contributed by atoms with van der Waals surface area (Å²) in [6.45, 7) is 1.15. The summed E-state index contributed by atoms with van der Waals surface area (Å²) < 4.78 is 32.4. The van der Waals surface area contributed by atoms with Crippen molar-refractivity contribution in [1.82, 2.24) is 19.5 Å². The average Bonchev–Trinajstić information content (AvgIpc) is 3.13. The molecule has 0 bridgehead atoms. The summed E-state index contributed by atoms with van der Waals surface area (Å²) >= 11 is 3.32. The molecular formula is C21H25BrF2N6O2. The van der Waals surface area contributed by atoms with Gasteiger partial charge in [0.05, 0.1) is 12.4 Å². The molecule has 1 saturated carbocycles. The van der Waals surface area contributed by atoms with Crippen molar-refractivity contribution in [2.24, 2.45) is 0 Å².